The minimum absolute atomic E-state index is 0.000909. The highest BCUT2D eigenvalue weighted by Crippen LogP contribution is 2.62. The summed E-state index contributed by atoms with van der Waals surface area (Å²) in [5.41, 5.74) is 11.1. The molecule has 2 aliphatic rings. The Bertz CT molecular complexity index is 1870. The van der Waals surface area contributed by atoms with Crippen molar-refractivity contribution in [3.63, 3.8) is 0 Å². The first-order valence-electron chi connectivity index (χ1n) is 13.9. The third kappa shape index (κ3) is 3.25. The number of carbonyl (C=O) groups is 2. The number of benzene rings is 6. The van der Waals surface area contributed by atoms with Crippen LogP contribution in [-0.2, 0) is 5.41 Å². The summed E-state index contributed by atoms with van der Waals surface area (Å²) in [6.45, 7) is 0. The molecule has 2 nitrogen and oxygen atoms in total. The number of ketones is 2. The maximum absolute atomic E-state index is 13.7. The molecule has 6 aromatic rings. The lowest BCUT2D eigenvalue weighted by Crippen LogP contribution is -2.26. The van der Waals surface area contributed by atoms with Crippen LogP contribution in [0.15, 0.2) is 146 Å². The van der Waals surface area contributed by atoms with Gasteiger partial charge in [-0.25, -0.2) is 0 Å². The Labute approximate surface area is 238 Å². The molecular weight excluding hydrogens is 500 g/mol. The number of fused-ring (bicyclic) bond motifs is 10. The topological polar surface area (TPSA) is 34.1 Å². The fourth-order valence-electron chi connectivity index (χ4n) is 6.93. The van der Waals surface area contributed by atoms with Crippen molar-refractivity contribution in [1.82, 2.24) is 0 Å². The molecule has 2 heteroatoms. The summed E-state index contributed by atoms with van der Waals surface area (Å²) in [5, 5.41) is 0. The van der Waals surface area contributed by atoms with Crippen LogP contribution in [0.3, 0.4) is 0 Å². The fraction of sp³-hybridized carbons (Fsp3) is 0.0256. The van der Waals surface area contributed by atoms with Crippen LogP contribution < -0.4 is 0 Å². The zero-order chi connectivity index (χ0) is 27.6. The molecule has 0 aromatic heterocycles. The SMILES string of the molecule is O=C(c1ccccc1)c1ccc2c(c1)C1(c3ccccc3-2)c2ccccc2-c2ccc(C(=O)c3ccccc3)cc21. The second-order valence-electron chi connectivity index (χ2n) is 10.8. The van der Waals surface area contributed by atoms with Gasteiger partial charge in [0.15, 0.2) is 11.6 Å². The Balaban J connectivity index is 1.42. The van der Waals surface area contributed by atoms with Crippen LogP contribution >= 0.6 is 0 Å². The second kappa shape index (κ2) is 8.84. The van der Waals surface area contributed by atoms with E-state index in [2.05, 4.69) is 72.8 Å². The van der Waals surface area contributed by atoms with E-state index in [1.165, 1.54) is 11.1 Å². The number of hydrogen-bond donors (Lipinski definition) is 0. The Morgan fingerprint density at radius 2 is 0.707 bits per heavy atom. The van der Waals surface area contributed by atoms with E-state index >= 15 is 0 Å². The molecule has 0 saturated heterocycles. The van der Waals surface area contributed by atoms with Gasteiger partial charge in [-0.2, -0.15) is 0 Å². The highest BCUT2D eigenvalue weighted by atomic mass is 16.1. The van der Waals surface area contributed by atoms with Crippen LogP contribution in [0, 0.1) is 0 Å². The highest BCUT2D eigenvalue weighted by Gasteiger charge is 2.51. The molecule has 8 rings (SSSR count). The van der Waals surface area contributed by atoms with E-state index in [0.717, 1.165) is 33.4 Å². The predicted octanol–water partition coefficient (Wildman–Crippen LogP) is 8.49. The van der Waals surface area contributed by atoms with Gasteiger partial charge in [-0.1, -0.05) is 133 Å². The van der Waals surface area contributed by atoms with Gasteiger partial charge in [-0.15, -0.1) is 0 Å². The standard InChI is InChI=1S/C39H24O2/c40-37(25-11-3-1-4-12-25)27-19-21-31-29-15-7-9-17-33(29)39(35(31)23-27)34-18-10-8-16-30(34)32-22-20-28(24-36(32)39)38(41)26-13-5-2-6-14-26/h1-24H. The van der Waals surface area contributed by atoms with Crippen molar-refractivity contribution in [2.45, 2.75) is 5.41 Å². The number of rotatable bonds is 4. The summed E-state index contributed by atoms with van der Waals surface area (Å²) in [6, 6.07) is 48.2. The van der Waals surface area contributed by atoms with Crippen LogP contribution in [0.2, 0.25) is 0 Å². The quantitative estimate of drug-likeness (QED) is 0.216. The molecule has 41 heavy (non-hydrogen) atoms. The zero-order valence-corrected chi connectivity index (χ0v) is 22.2. The minimum atomic E-state index is -0.641. The molecule has 0 N–H and O–H groups in total. The monoisotopic (exact) mass is 524 g/mol. The average molecular weight is 525 g/mol. The van der Waals surface area contributed by atoms with Gasteiger partial charge in [-0.3, -0.25) is 9.59 Å². The van der Waals surface area contributed by atoms with Crippen molar-refractivity contribution in [2.24, 2.45) is 0 Å². The Hall–Kier alpha value is -5.34. The maximum atomic E-state index is 13.7. The molecule has 0 heterocycles. The normalized spacial score (nSPS) is 13.3. The number of carbonyl (C=O) groups excluding carboxylic acids is 2. The van der Waals surface area contributed by atoms with Gasteiger partial charge in [0, 0.05) is 22.3 Å². The van der Waals surface area contributed by atoms with Crippen molar-refractivity contribution in [3.05, 3.63) is 190 Å². The summed E-state index contributed by atoms with van der Waals surface area (Å²) in [7, 11) is 0. The molecule has 0 atom stereocenters. The number of hydrogen-bond acceptors (Lipinski definition) is 2. The molecule has 1 spiro atoms. The molecule has 2 aliphatic carbocycles. The Kier molecular flexibility index (Phi) is 5.07. The van der Waals surface area contributed by atoms with E-state index in [-0.39, 0.29) is 11.6 Å². The molecular formula is C39H24O2. The van der Waals surface area contributed by atoms with Gasteiger partial charge in [0.05, 0.1) is 5.41 Å². The molecule has 0 amide bonds. The lowest BCUT2D eigenvalue weighted by Gasteiger charge is -2.31. The van der Waals surface area contributed by atoms with Crippen LogP contribution in [0.4, 0.5) is 0 Å². The summed E-state index contributed by atoms with van der Waals surface area (Å²) in [6.07, 6.45) is 0. The van der Waals surface area contributed by atoms with E-state index in [4.69, 9.17) is 0 Å². The van der Waals surface area contributed by atoms with Crippen LogP contribution in [0.5, 0.6) is 0 Å². The highest BCUT2D eigenvalue weighted by molar-refractivity contribution is 6.11. The molecule has 192 valence electrons. The van der Waals surface area contributed by atoms with Gasteiger partial charge in [-0.05, 0) is 56.6 Å². The molecule has 0 saturated carbocycles. The average Bonchev–Trinajstić information content (AvgIpc) is 3.51. The van der Waals surface area contributed by atoms with Crippen LogP contribution in [0.1, 0.15) is 54.1 Å². The molecule has 0 radical (unpaired) electrons. The van der Waals surface area contributed by atoms with Gasteiger partial charge < -0.3 is 0 Å². The second-order valence-corrected chi connectivity index (χ2v) is 10.8. The maximum Gasteiger partial charge on any atom is 0.193 e. The fourth-order valence-corrected chi connectivity index (χ4v) is 6.93. The third-order valence-electron chi connectivity index (χ3n) is 8.69. The lowest BCUT2D eigenvalue weighted by molar-refractivity contribution is 0.103. The largest absolute Gasteiger partial charge is 0.289 e. The van der Waals surface area contributed by atoms with E-state index in [1.807, 2.05) is 72.8 Å². The summed E-state index contributed by atoms with van der Waals surface area (Å²) >= 11 is 0. The Morgan fingerprint density at radius 3 is 1.15 bits per heavy atom. The van der Waals surface area contributed by atoms with E-state index in [9.17, 15) is 9.59 Å². The Morgan fingerprint density at radius 1 is 0.341 bits per heavy atom. The van der Waals surface area contributed by atoms with Crippen molar-refractivity contribution < 1.29 is 9.59 Å². The van der Waals surface area contributed by atoms with Gasteiger partial charge in [0.2, 0.25) is 0 Å². The van der Waals surface area contributed by atoms with Crippen molar-refractivity contribution >= 4 is 11.6 Å². The van der Waals surface area contributed by atoms with Crippen LogP contribution in [-0.4, -0.2) is 11.6 Å². The first kappa shape index (κ1) is 23.5. The van der Waals surface area contributed by atoms with Gasteiger partial charge in [0.1, 0.15) is 0 Å². The smallest absolute Gasteiger partial charge is 0.193 e. The summed E-state index contributed by atoms with van der Waals surface area (Å²) in [5.74, 6) is -0.00182. The van der Waals surface area contributed by atoms with Gasteiger partial charge >= 0.3 is 0 Å². The molecule has 6 aromatic carbocycles. The van der Waals surface area contributed by atoms with E-state index in [1.54, 1.807) is 0 Å². The van der Waals surface area contributed by atoms with E-state index < -0.39 is 5.41 Å². The van der Waals surface area contributed by atoms with Crippen molar-refractivity contribution in [1.29, 1.82) is 0 Å². The minimum Gasteiger partial charge on any atom is -0.289 e. The lowest BCUT2D eigenvalue weighted by atomic mass is 9.70. The molecule has 0 aliphatic heterocycles. The summed E-state index contributed by atoms with van der Waals surface area (Å²) in [4.78, 5) is 27.3. The first-order chi connectivity index (χ1) is 20.2. The molecule has 0 unspecified atom stereocenters. The van der Waals surface area contributed by atoms with Crippen molar-refractivity contribution in [2.75, 3.05) is 0 Å². The predicted molar refractivity (Wildman–Crippen MR) is 162 cm³/mol. The summed E-state index contributed by atoms with van der Waals surface area (Å²) < 4.78 is 0. The third-order valence-corrected chi connectivity index (χ3v) is 8.69. The van der Waals surface area contributed by atoms with Crippen molar-refractivity contribution in [3.8, 4) is 22.3 Å². The molecule has 0 fully saturated rings. The molecule has 0 bridgehead atoms. The first-order valence-corrected chi connectivity index (χ1v) is 13.9. The van der Waals surface area contributed by atoms with Gasteiger partial charge in [0.25, 0.3) is 0 Å². The van der Waals surface area contributed by atoms with E-state index in [0.29, 0.717) is 22.3 Å². The zero-order valence-electron chi connectivity index (χ0n) is 22.2. The van der Waals surface area contributed by atoms with Crippen LogP contribution in [0.25, 0.3) is 22.3 Å².